The molecule has 1 heterocycles. The molecule has 1 aliphatic rings. The fraction of sp³-hybridized carbons (Fsp3) is 0.800. The van der Waals surface area contributed by atoms with Crippen LogP contribution in [0.5, 0.6) is 0 Å². The number of amides is 2. The van der Waals surface area contributed by atoms with Crippen molar-refractivity contribution in [2.45, 2.75) is 13.8 Å². The highest BCUT2D eigenvalue weighted by atomic mass is 35.5. The summed E-state index contributed by atoms with van der Waals surface area (Å²) in [4.78, 5) is 24.4. The van der Waals surface area contributed by atoms with E-state index in [0.29, 0.717) is 25.6 Å². The topological polar surface area (TPSA) is 61.4 Å². The molecular formula is C10H20ClN3O2. The van der Waals surface area contributed by atoms with E-state index in [4.69, 9.17) is 0 Å². The molecule has 0 aromatic heterocycles. The average Bonchev–Trinajstić information content (AvgIpc) is 2.18. The van der Waals surface area contributed by atoms with E-state index in [2.05, 4.69) is 10.6 Å². The van der Waals surface area contributed by atoms with E-state index < -0.39 is 0 Å². The molecule has 0 aliphatic carbocycles. The van der Waals surface area contributed by atoms with Crippen LogP contribution in [0.25, 0.3) is 0 Å². The van der Waals surface area contributed by atoms with E-state index in [1.807, 2.05) is 13.8 Å². The van der Waals surface area contributed by atoms with Crippen LogP contribution in [0, 0.1) is 5.92 Å². The van der Waals surface area contributed by atoms with Gasteiger partial charge in [0.05, 0.1) is 13.1 Å². The third-order valence-electron chi connectivity index (χ3n) is 2.23. The third kappa shape index (κ3) is 5.32. The van der Waals surface area contributed by atoms with Crippen molar-refractivity contribution in [3.8, 4) is 0 Å². The molecule has 2 amide bonds. The summed E-state index contributed by atoms with van der Waals surface area (Å²) >= 11 is 0. The largest absolute Gasteiger partial charge is 0.354 e. The minimum Gasteiger partial charge on any atom is -0.354 e. The summed E-state index contributed by atoms with van der Waals surface area (Å²) < 4.78 is 0. The highest BCUT2D eigenvalue weighted by Crippen LogP contribution is 1.94. The van der Waals surface area contributed by atoms with Crippen molar-refractivity contribution >= 4 is 24.2 Å². The Kier molecular flexibility index (Phi) is 7.08. The van der Waals surface area contributed by atoms with Gasteiger partial charge in [-0.25, -0.2) is 0 Å². The first-order valence-corrected chi connectivity index (χ1v) is 5.35. The van der Waals surface area contributed by atoms with Gasteiger partial charge in [-0.05, 0) is 5.92 Å². The highest BCUT2D eigenvalue weighted by Gasteiger charge is 2.19. The van der Waals surface area contributed by atoms with Crippen molar-refractivity contribution in [3.63, 3.8) is 0 Å². The molecule has 0 radical (unpaired) electrons. The Morgan fingerprint density at radius 1 is 1.56 bits per heavy atom. The molecule has 0 aromatic rings. The van der Waals surface area contributed by atoms with Crippen molar-refractivity contribution in [2.24, 2.45) is 5.92 Å². The number of carbonyl (C=O) groups excluding carboxylic acids is 2. The van der Waals surface area contributed by atoms with Gasteiger partial charge in [0.1, 0.15) is 0 Å². The lowest BCUT2D eigenvalue weighted by Crippen LogP contribution is -2.51. The minimum atomic E-state index is -0.0704. The summed E-state index contributed by atoms with van der Waals surface area (Å²) in [5, 5.41) is 5.76. The van der Waals surface area contributed by atoms with Crippen LogP contribution in [0.15, 0.2) is 0 Å². The normalized spacial score (nSPS) is 15.9. The average molecular weight is 250 g/mol. The summed E-state index contributed by atoms with van der Waals surface area (Å²) in [6.45, 7) is 6.66. The Balaban J connectivity index is 0.00000225. The predicted molar refractivity (Wildman–Crippen MR) is 64.5 cm³/mol. The molecule has 2 N–H and O–H groups in total. The first-order valence-electron chi connectivity index (χ1n) is 5.35. The molecule has 0 atom stereocenters. The zero-order valence-corrected chi connectivity index (χ0v) is 10.6. The van der Waals surface area contributed by atoms with Crippen molar-refractivity contribution in [2.75, 3.05) is 32.7 Å². The molecule has 6 heteroatoms. The number of hydrogen-bond donors (Lipinski definition) is 2. The van der Waals surface area contributed by atoms with Crippen LogP contribution in [0.1, 0.15) is 13.8 Å². The lowest BCUT2D eigenvalue weighted by molar-refractivity contribution is -0.136. The van der Waals surface area contributed by atoms with E-state index in [1.54, 1.807) is 4.90 Å². The summed E-state index contributed by atoms with van der Waals surface area (Å²) in [6.07, 6.45) is 0. The number of nitrogens with one attached hydrogen (secondary N) is 2. The Labute approximate surface area is 102 Å². The highest BCUT2D eigenvalue weighted by molar-refractivity contribution is 5.86. The summed E-state index contributed by atoms with van der Waals surface area (Å²) in [5.41, 5.74) is 0. The van der Waals surface area contributed by atoms with E-state index in [0.717, 1.165) is 6.54 Å². The third-order valence-corrected chi connectivity index (χ3v) is 2.23. The second kappa shape index (κ2) is 7.46. The molecular weight excluding hydrogens is 230 g/mol. The number of hydrogen-bond acceptors (Lipinski definition) is 3. The summed E-state index contributed by atoms with van der Waals surface area (Å²) in [7, 11) is 0. The lowest BCUT2D eigenvalue weighted by Gasteiger charge is -2.26. The number of halogens is 1. The van der Waals surface area contributed by atoms with Crippen LogP contribution < -0.4 is 10.6 Å². The van der Waals surface area contributed by atoms with Crippen molar-refractivity contribution in [1.82, 2.24) is 15.5 Å². The van der Waals surface area contributed by atoms with Gasteiger partial charge in [-0.2, -0.15) is 0 Å². The molecule has 5 nitrogen and oxygen atoms in total. The van der Waals surface area contributed by atoms with Gasteiger partial charge in [0, 0.05) is 19.6 Å². The van der Waals surface area contributed by atoms with Gasteiger partial charge in [-0.1, -0.05) is 13.8 Å². The second-order valence-electron chi connectivity index (χ2n) is 4.19. The standard InChI is InChI=1S/C10H19N3O2.ClH/c1-8(2)5-12-9(14)7-13-4-3-11-6-10(13)15;/h8,11H,3-7H2,1-2H3,(H,12,14);1H. The molecule has 0 spiro atoms. The van der Waals surface area contributed by atoms with Gasteiger partial charge < -0.3 is 15.5 Å². The molecule has 1 saturated heterocycles. The molecule has 0 unspecified atom stereocenters. The van der Waals surface area contributed by atoms with E-state index in [-0.39, 0.29) is 30.8 Å². The molecule has 0 aromatic carbocycles. The van der Waals surface area contributed by atoms with Crippen LogP contribution in [0.2, 0.25) is 0 Å². The zero-order chi connectivity index (χ0) is 11.3. The quantitative estimate of drug-likeness (QED) is 0.714. The van der Waals surface area contributed by atoms with Crippen LogP contribution in [0.3, 0.4) is 0 Å². The Bertz CT molecular complexity index is 246. The van der Waals surface area contributed by atoms with Gasteiger partial charge >= 0.3 is 0 Å². The van der Waals surface area contributed by atoms with Gasteiger partial charge in [0.2, 0.25) is 11.8 Å². The molecule has 1 fully saturated rings. The Hall–Kier alpha value is -0.810. The second-order valence-corrected chi connectivity index (χ2v) is 4.19. The van der Waals surface area contributed by atoms with Crippen LogP contribution in [0.4, 0.5) is 0 Å². The van der Waals surface area contributed by atoms with E-state index >= 15 is 0 Å². The molecule has 0 saturated carbocycles. The maximum absolute atomic E-state index is 11.4. The Morgan fingerprint density at radius 2 is 2.25 bits per heavy atom. The fourth-order valence-electron chi connectivity index (χ4n) is 1.36. The van der Waals surface area contributed by atoms with Gasteiger partial charge in [0.15, 0.2) is 0 Å². The zero-order valence-electron chi connectivity index (χ0n) is 9.78. The number of carbonyl (C=O) groups is 2. The van der Waals surface area contributed by atoms with Gasteiger partial charge in [-0.15, -0.1) is 12.4 Å². The lowest BCUT2D eigenvalue weighted by atomic mass is 10.2. The van der Waals surface area contributed by atoms with Crippen LogP contribution in [-0.2, 0) is 9.59 Å². The monoisotopic (exact) mass is 249 g/mol. The van der Waals surface area contributed by atoms with Crippen LogP contribution in [-0.4, -0.2) is 49.4 Å². The molecule has 16 heavy (non-hydrogen) atoms. The summed E-state index contributed by atoms with van der Waals surface area (Å²) in [5.74, 6) is 0.368. The maximum Gasteiger partial charge on any atom is 0.239 e. The van der Waals surface area contributed by atoms with E-state index in [1.165, 1.54) is 0 Å². The number of rotatable bonds is 4. The SMILES string of the molecule is CC(C)CNC(=O)CN1CCNCC1=O.Cl. The summed E-state index contributed by atoms with van der Waals surface area (Å²) in [6, 6.07) is 0. The van der Waals surface area contributed by atoms with Crippen molar-refractivity contribution in [3.05, 3.63) is 0 Å². The van der Waals surface area contributed by atoms with Crippen molar-refractivity contribution in [1.29, 1.82) is 0 Å². The molecule has 1 aliphatic heterocycles. The first-order chi connectivity index (χ1) is 7.09. The van der Waals surface area contributed by atoms with E-state index in [9.17, 15) is 9.59 Å². The van der Waals surface area contributed by atoms with Crippen LogP contribution >= 0.6 is 12.4 Å². The minimum absolute atomic E-state index is 0. The molecule has 1 rings (SSSR count). The van der Waals surface area contributed by atoms with Gasteiger partial charge in [-0.3, -0.25) is 9.59 Å². The molecule has 0 bridgehead atoms. The maximum atomic E-state index is 11.4. The Morgan fingerprint density at radius 3 is 2.81 bits per heavy atom. The van der Waals surface area contributed by atoms with Crippen molar-refractivity contribution < 1.29 is 9.59 Å². The molecule has 94 valence electrons. The predicted octanol–water partition coefficient (Wildman–Crippen LogP) is -0.388. The van der Waals surface area contributed by atoms with Gasteiger partial charge in [0.25, 0.3) is 0 Å². The fourth-order valence-corrected chi connectivity index (χ4v) is 1.36. The number of piperazine rings is 1. The first kappa shape index (κ1) is 15.2. The smallest absolute Gasteiger partial charge is 0.239 e. The number of nitrogens with zero attached hydrogens (tertiary/aromatic N) is 1.